The molecule has 104 valence electrons. The van der Waals surface area contributed by atoms with Gasteiger partial charge in [0.15, 0.2) is 5.78 Å². The average Bonchev–Trinajstić information content (AvgIpc) is 2.50. The fraction of sp³-hybridized carbons (Fsp3) is 0.0556. The lowest BCUT2D eigenvalue weighted by Gasteiger charge is -2.09. The van der Waals surface area contributed by atoms with Crippen molar-refractivity contribution in [2.45, 2.75) is 6.92 Å². The van der Waals surface area contributed by atoms with E-state index in [1.54, 1.807) is 18.2 Å². The van der Waals surface area contributed by atoms with Crippen LogP contribution in [0.25, 0.3) is 10.8 Å². The Morgan fingerprint density at radius 2 is 1.57 bits per heavy atom. The molecular weight excluding hydrogens is 303 g/mol. The lowest BCUT2D eigenvalue weighted by Crippen LogP contribution is -2.02. The van der Waals surface area contributed by atoms with Gasteiger partial charge in [0, 0.05) is 11.1 Å². The third-order valence-electron chi connectivity index (χ3n) is 3.57. The van der Waals surface area contributed by atoms with E-state index in [2.05, 4.69) is 0 Å². The van der Waals surface area contributed by atoms with E-state index in [4.69, 9.17) is 23.2 Å². The van der Waals surface area contributed by atoms with Crippen molar-refractivity contribution in [2.75, 3.05) is 0 Å². The molecule has 1 nitrogen and oxygen atoms in total. The zero-order valence-electron chi connectivity index (χ0n) is 11.4. The monoisotopic (exact) mass is 314 g/mol. The summed E-state index contributed by atoms with van der Waals surface area (Å²) < 4.78 is 0. The molecule has 0 bridgehead atoms. The Hall–Kier alpha value is -1.83. The van der Waals surface area contributed by atoms with Crippen LogP contribution in [0.2, 0.25) is 10.0 Å². The fourth-order valence-corrected chi connectivity index (χ4v) is 2.74. The largest absolute Gasteiger partial charge is 0.289 e. The standard InChI is InChI=1S/C18H12Cl2O/c1-11-6-8-15(14-5-3-2-4-13(11)14)18(21)12-7-9-16(19)17(20)10-12/h2-10H,1H3. The van der Waals surface area contributed by atoms with Crippen LogP contribution in [0.15, 0.2) is 54.6 Å². The molecule has 0 aliphatic heterocycles. The molecule has 0 aliphatic rings. The zero-order chi connectivity index (χ0) is 15.0. The van der Waals surface area contributed by atoms with E-state index in [0.717, 1.165) is 16.3 Å². The number of aryl methyl sites for hydroxylation is 1. The first-order chi connectivity index (χ1) is 10.1. The predicted molar refractivity (Wildman–Crippen MR) is 88.6 cm³/mol. The first-order valence-corrected chi connectivity index (χ1v) is 7.31. The Balaban J connectivity index is 2.18. The molecular formula is C18H12Cl2O. The van der Waals surface area contributed by atoms with Crippen LogP contribution >= 0.6 is 23.2 Å². The third-order valence-corrected chi connectivity index (χ3v) is 4.31. The zero-order valence-corrected chi connectivity index (χ0v) is 12.9. The molecule has 3 aromatic carbocycles. The summed E-state index contributed by atoms with van der Waals surface area (Å²) in [7, 11) is 0. The Kier molecular flexibility index (Phi) is 3.71. The van der Waals surface area contributed by atoms with Crippen LogP contribution in [0.3, 0.4) is 0 Å². The number of carbonyl (C=O) groups is 1. The van der Waals surface area contributed by atoms with Crippen LogP contribution in [0, 0.1) is 6.92 Å². The highest BCUT2D eigenvalue weighted by Crippen LogP contribution is 2.27. The van der Waals surface area contributed by atoms with E-state index in [0.29, 0.717) is 21.2 Å². The SMILES string of the molecule is Cc1ccc(C(=O)c2ccc(Cl)c(Cl)c2)c2ccccc12. The Morgan fingerprint density at radius 3 is 2.29 bits per heavy atom. The highest BCUT2D eigenvalue weighted by molar-refractivity contribution is 6.42. The van der Waals surface area contributed by atoms with Gasteiger partial charge in [-0.05, 0) is 41.5 Å². The van der Waals surface area contributed by atoms with Gasteiger partial charge in [-0.25, -0.2) is 0 Å². The van der Waals surface area contributed by atoms with Gasteiger partial charge in [-0.1, -0.05) is 59.6 Å². The molecule has 0 amide bonds. The van der Waals surface area contributed by atoms with Crippen LogP contribution in [0.4, 0.5) is 0 Å². The van der Waals surface area contributed by atoms with Crippen LogP contribution in [-0.2, 0) is 0 Å². The molecule has 3 rings (SSSR count). The topological polar surface area (TPSA) is 17.1 Å². The maximum absolute atomic E-state index is 12.7. The van der Waals surface area contributed by atoms with Gasteiger partial charge in [-0.3, -0.25) is 4.79 Å². The van der Waals surface area contributed by atoms with Gasteiger partial charge in [0.2, 0.25) is 0 Å². The molecule has 0 atom stereocenters. The van der Waals surface area contributed by atoms with E-state index < -0.39 is 0 Å². The Bertz CT molecular complexity index is 853. The summed E-state index contributed by atoms with van der Waals surface area (Å²) in [5.41, 5.74) is 2.37. The molecule has 0 aliphatic carbocycles. The summed E-state index contributed by atoms with van der Waals surface area (Å²) in [6.07, 6.45) is 0. The molecule has 0 unspecified atom stereocenters. The van der Waals surface area contributed by atoms with Gasteiger partial charge >= 0.3 is 0 Å². The van der Waals surface area contributed by atoms with Crippen molar-refractivity contribution in [3.05, 3.63) is 81.3 Å². The minimum Gasteiger partial charge on any atom is -0.289 e. The van der Waals surface area contributed by atoms with Crippen molar-refractivity contribution >= 4 is 39.8 Å². The number of hydrogen-bond donors (Lipinski definition) is 0. The molecule has 0 saturated carbocycles. The number of benzene rings is 3. The van der Waals surface area contributed by atoms with Crippen LogP contribution < -0.4 is 0 Å². The van der Waals surface area contributed by atoms with Gasteiger partial charge in [-0.2, -0.15) is 0 Å². The summed E-state index contributed by atoms with van der Waals surface area (Å²) in [6.45, 7) is 2.04. The second-order valence-corrected chi connectivity index (χ2v) is 5.75. The molecule has 0 aromatic heterocycles. The van der Waals surface area contributed by atoms with Gasteiger partial charge in [0.1, 0.15) is 0 Å². The maximum Gasteiger partial charge on any atom is 0.193 e. The number of carbonyl (C=O) groups excluding carboxylic acids is 1. The number of hydrogen-bond acceptors (Lipinski definition) is 1. The predicted octanol–water partition coefficient (Wildman–Crippen LogP) is 5.69. The first-order valence-electron chi connectivity index (χ1n) is 6.56. The fourth-order valence-electron chi connectivity index (χ4n) is 2.44. The second-order valence-electron chi connectivity index (χ2n) is 4.93. The molecule has 3 aromatic rings. The lowest BCUT2D eigenvalue weighted by molar-refractivity contribution is 0.104. The summed E-state index contributed by atoms with van der Waals surface area (Å²) >= 11 is 11.9. The minimum absolute atomic E-state index is 0.0511. The third kappa shape index (κ3) is 2.55. The van der Waals surface area contributed by atoms with Crippen LogP contribution in [-0.4, -0.2) is 5.78 Å². The number of fused-ring (bicyclic) bond motifs is 1. The summed E-state index contributed by atoms with van der Waals surface area (Å²) in [5.74, 6) is -0.0511. The number of halogens is 2. The Labute approximate surface area is 133 Å². The maximum atomic E-state index is 12.7. The summed E-state index contributed by atoms with van der Waals surface area (Å²) in [5, 5.41) is 2.87. The first kappa shape index (κ1) is 14.1. The molecule has 0 spiro atoms. The molecule has 0 N–H and O–H groups in total. The normalized spacial score (nSPS) is 10.8. The quantitative estimate of drug-likeness (QED) is 0.556. The van der Waals surface area contributed by atoms with E-state index in [-0.39, 0.29) is 5.78 Å². The molecule has 0 saturated heterocycles. The van der Waals surface area contributed by atoms with E-state index >= 15 is 0 Å². The van der Waals surface area contributed by atoms with Crippen molar-refractivity contribution in [2.24, 2.45) is 0 Å². The second kappa shape index (κ2) is 5.51. The molecule has 3 heteroatoms. The van der Waals surface area contributed by atoms with Gasteiger partial charge in [0.05, 0.1) is 10.0 Å². The van der Waals surface area contributed by atoms with E-state index in [1.807, 2.05) is 43.3 Å². The summed E-state index contributed by atoms with van der Waals surface area (Å²) in [4.78, 5) is 12.7. The van der Waals surface area contributed by atoms with Crippen molar-refractivity contribution in [1.29, 1.82) is 0 Å². The van der Waals surface area contributed by atoms with Gasteiger partial charge < -0.3 is 0 Å². The molecule has 21 heavy (non-hydrogen) atoms. The number of ketones is 1. The van der Waals surface area contributed by atoms with Gasteiger partial charge in [0.25, 0.3) is 0 Å². The highest BCUT2D eigenvalue weighted by atomic mass is 35.5. The van der Waals surface area contributed by atoms with Crippen molar-refractivity contribution in [1.82, 2.24) is 0 Å². The van der Waals surface area contributed by atoms with Crippen molar-refractivity contribution in [3.63, 3.8) is 0 Å². The summed E-state index contributed by atoms with van der Waals surface area (Å²) in [6, 6.07) is 16.7. The van der Waals surface area contributed by atoms with Crippen LogP contribution in [0.5, 0.6) is 0 Å². The molecule has 0 heterocycles. The van der Waals surface area contributed by atoms with E-state index in [1.165, 1.54) is 0 Å². The molecule has 0 fully saturated rings. The number of rotatable bonds is 2. The van der Waals surface area contributed by atoms with Gasteiger partial charge in [-0.15, -0.1) is 0 Å². The lowest BCUT2D eigenvalue weighted by atomic mass is 9.95. The molecule has 0 radical (unpaired) electrons. The van der Waals surface area contributed by atoms with Crippen molar-refractivity contribution in [3.8, 4) is 0 Å². The minimum atomic E-state index is -0.0511. The smallest absolute Gasteiger partial charge is 0.193 e. The highest BCUT2D eigenvalue weighted by Gasteiger charge is 2.14. The Morgan fingerprint density at radius 1 is 0.857 bits per heavy atom. The van der Waals surface area contributed by atoms with E-state index in [9.17, 15) is 4.79 Å². The van der Waals surface area contributed by atoms with Crippen molar-refractivity contribution < 1.29 is 4.79 Å². The average molecular weight is 315 g/mol. The van der Waals surface area contributed by atoms with Crippen LogP contribution in [0.1, 0.15) is 21.5 Å².